The Morgan fingerprint density at radius 3 is 2.52 bits per heavy atom. The van der Waals surface area contributed by atoms with Crippen LogP contribution in [0.4, 0.5) is 27.6 Å². The Morgan fingerprint density at radius 2 is 1.95 bits per heavy atom. The molecule has 0 saturated carbocycles. The van der Waals surface area contributed by atoms with Gasteiger partial charge in [0.05, 0.1) is 17.6 Å². The Morgan fingerprint density at radius 1 is 1.24 bits per heavy atom. The number of carbonyl (C=O) groups is 1. The molecule has 1 heterocycles. The van der Waals surface area contributed by atoms with Gasteiger partial charge in [0, 0.05) is 12.6 Å². The Balaban J connectivity index is 1.95. The minimum absolute atomic E-state index is 0.0209. The Labute approximate surface area is 117 Å². The molecule has 1 fully saturated rings. The van der Waals surface area contributed by atoms with Gasteiger partial charge in [0.25, 0.3) is 0 Å². The van der Waals surface area contributed by atoms with Gasteiger partial charge >= 0.3 is 6.18 Å². The Hall–Kier alpha value is -1.70. The molecule has 2 N–H and O–H groups in total. The highest BCUT2D eigenvalue weighted by atomic mass is 19.4. The standard InChI is InChI=1S/C13H13F5N2O/c14-8-2-3-9(15)11(5-8)20-12(21)10-4-1-7(6-19-10)13(16,17)18/h2-3,5,7,10,19H,1,4,6H2,(H,20,21). The van der Waals surface area contributed by atoms with E-state index in [1.807, 2.05) is 0 Å². The number of rotatable bonds is 2. The molecule has 1 saturated heterocycles. The summed E-state index contributed by atoms with van der Waals surface area (Å²) in [6, 6.07) is 1.72. The summed E-state index contributed by atoms with van der Waals surface area (Å²) < 4.78 is 63.8. The van der Waals surface area contributed by atoms with Crippen molar-refractivity contribution in [2.45, 2.75) is 25.1 Å². The fourth-order valence-electron chi connectivity index (χ4n) is 2.17. The predicted octanol–water partition coefficient (Wildman–Crippen LogP) is 2.83. The molecule has 2 atom stereocenters. The largest absolute Gasteiger partial charge is 0.393 e. The number of carbonyl (C=O) groups excluding carboxylic acids is 1. The van der Waals surface area contributed by atoms with Gasteiger partial charge in [0.1, 0.15) is 11.6 Å². The van der Waals surface area contributed by atoms with E-state index < -0.39 is 35.7 Å². The van der Waals surface area contributed by atoms with E-state index in [9.17, 15) is 26.7 Å². The SMILES string of the molecule is O=C(Nc1cc(F)ccc1F)C1CCC(C(F)(F)F)CN1. The number of halogens is 5. The lowest BCUT2D eigenvalue weighted by Crippen LogP contribution is -2.49. The summed E-state index contributed by atoms with van der Waals surface area (Å²) in [5.41, 5.74) is -0.334. The Bertz CT molecular complexity index is 524. The van der Waals surface area contributed by atoms with E-state index in [1.54, 1.807) is 0 Å². The number of amides is 1. The molecular weight excluding hydrogens is 295 g/mol. The topological polar surface area (TPSA) is 41.1 Å². The van der Waals surface area contributed by atoms with Crippen molar-refractivity contribution in [2.24, 2.45) is 5.92 Å². The third kappa shape index (κ3) is 3.90. The van der Waals surface area contributed by atoms with Gasteiger partial charge in [-0.15, -0.1) is 0 Å². The van der Waals surface area contributed by atoms with Crippen LogP contribution < -0.4 is 10.6 Å². The molecular formula is C13H13F5N2O. The highest BCUT2D eigenvalue weighted by Gasteiger charge is 2.42. The lowest BCUT2D eigenvalue weighted by atomic mass is 9.94. The molecule has 2 rings (SSSR count). The molecule has 0 aromatic heterocycles. The molecule has 0 aliphatic carbocycles. The van der Waals surface area contributed by atoms with Crippen LogP contribution in [0.25, 0.3) is 0 Å². The van der Waals surface area contributed by atoms with Gasteiger partial charge in [0.2, 0.25) is 5.91 Å². The van der Waals surface area contributed by atoms with Crippen molar-refractivity contribution in [3.63, 3.8) is 0 Å². The van der Waals surface area contributed by atoms with Crippen molar-refractivity contribution >= 4 is 11.6 Å². The van der Waals surface area contributed by atoms with Crippen LogP contribution in [0.3, 0.4) is 0 Å². The average molecular weight is 308 g/mol. The van der Waals surface area contributed by atoms with Crippen molar-refractivity contribution in [3.05, 3.63) is 29.8 Å². The third-order valence-corrected chi connectivity index (χ3v) is 3.38. The van der Waals surface area contributed by atoms with E-state index in [0.717, 1.165) is 18.2 Å². The molecule has 1 amide bonds. The zero-order valence-corrected chi connectivity index (χ0v) is 10.8. The molecule has 1 aliphatic heterocycles. The van der Waals surface area contributed by atoms with Crippen LogP contribution >= 0.6 is 0 Å². The maximum atomic E-state index is 13.4. The first kappa shape index (κ1) is 15.7. The molecule has 0 bridgehead atoms. The van der Waals surface area contributed by atoms with Crippen LogP contribution in [0, 0.1) is 17.6 Å². The first-order valence-electron chi connectivity index (χ1n) is 6.33. The number of nitrogens with one attached hydrogen (secondary N) is 2. The molecule has 1 aliphatic rings. The number of hydrogen-bond donors (Lipinski definition) is 2. The predicted molar refractivity (Wildman–Crippen MR) is 65.6 cm³/mol. The third-order valence-electron chi connectivity index (χ3n) is 3.38. The molecule has 3 nitrogen and oxygen atoms in total. The first-order chi connectivity index (χ1) is 9.77. The second-order valence-electron chi connectivity index (χ2n) is 4.89. The van der Waals surface area contributed by atoms with Gasteiger partial charge in [-0.25, -0.2) is 8.78 Å². The minimum atomic E-state index is -4.30. The smallest absolute Gasteiger partial charge is 0.322 e. The summed E-state index contributed by atoms with van der Waals surface area (Å²) in [7, 11) is 0. The molecule has 1 aromatic carbocycles. The maximum absolute atomic E-state index is 13.4. The van der Waals surface area contributed by atoms with Gasteiger partial charge in [-0.05, 0) is 25.0 Å². The summed E-state index contributed by atoms with van der Waals surface area (Å²) in [5, 5.41) is 4.66. The minimum Gasteiger partial charge on any atom is -0.322 e. The van der Waals surface area contributed by atoms with Crippen molar-refractivity contribution in [3.8, 4) is 0 Å². The molecule has 2 unspecified atom stereocenters. The summed E-state index contributed by atoms with van der Waals surface area (Å²) in [4.78, 5) is 11.8. The van der Waals surface area contributed by atoms with E-state index in [4.69, 9.17) is 0 Å². The number of benzene rings is 1. The van der Waals surface area contributed by atoms with Crippen molar-refractivity contribution < 1.29 is 26.7 Å². The van der Waals surface area contributed by atoms with Crippen LogP contribution in [0.2, 0.25) is 0 Å². The normalized spacial score (nSPS) is 22.9. The van der Waals surface area contributed by atoms with Gasteiger partial charge in [-0.3, -0.25) is 4.79 Å². The van der Waals surface area contributed by atoms with Gasteiger partial charge in [0.15, 0.2) is 0 Å². The number of piperidine rings is 1. The van der Waals surface area contributed by atoms with Crippen molar-refractivity contribution in [1.82, 2.24) is 5.32 Å². The molecule has 116 valence electrons. The van der Waals surface area contributed by atoms with Crippen LogP contribution in [0.1, 0.15) is 12.8 Å². The fraction of sp³-hybridized carbons (Fsp3) is 0.462. The second-order valence-corrected chi connectivity index (χ2v) is 4.89. The lowest BCUT2D eigenvalue weighted by molar-refractivity contribution is -0.180. The van der Waals surface area contributed by atoms with Crippen LogP contribution in [0.15, 0.2) is 18.2 Å². The zero-order valence-electron chi connectivity index (χ0n) is 10.8. The molecule has 0 radical (unpaired) electrons. The molecule has 8 heteroatoms. The van der Waals surface area contributed by atoms with Crippen LogP contribution in [-0.4, -0.2) is 24.7 Å². The molecule has 0 spiro atoms. The van der Waals surface area contributed by atoms with E-state index in [-0.39, 0.29) is 25.1 Å². The highest BCUT2D eigenvalue weighted by Crippen LogP contribution is 2.32. The van der Waals surface area contributed by atoms with Gasteiger partial charge in [-0.2, -0.15) is 13.2 Å². The van der Waals surface area contributed by atoms with E-state index in [0.29, 0.717) is 0 Å². The monoisotopic (exact) mass is 308 g/mol. The zero-order chi connectivity index (χ0) is 15.6. The number of anilines is 1. The second kappa shape index (κ2) is 5.97. The van der Waals surface area contributed by atoms with E-state index in [2.05, 4.69) is 10.6 Å². The number of alkyl halides is 3. The lowest BCUT2D eigenvalue weighted by Gasteiger charge is -2.30. The van der Waals surface area contributed by atoms with Crippen LogP contribution in [-0.2, 0) is 4.79 Å². The Kier molecular flexibility index (Phi) is 4.46. The quantitative estimate of drug-likeness (QED) is 0.825. The number of hydrogen-bond acceptors (Lipinski definition) is 2. The summed E-state index contributed by atoms with van der Waals surface area (Å²) in [6.07, 6.45) is -4.50. The van der Waals surface area contributed by atoms with Crippen molar-refractivity contribution in [1.29, 1.82) is 0 Å². The van der Waals surface area contributed by atoms with Gasteiger partial charge in [-0.1, -0.05) is 0 Å². The van der Waals surface area contributed by atoms with Crippen molar-refractivity contribution in [2.75, 3.05) is 11.9 Å². The summed E-state index contributed by atoms with van der Waals surface area (Å²) in [5.74, 6) is -3.71. The maximum Gasteiger partial charge on any atom is 0.393 e. The highest BCUT2D eigenvalue weighted by molar-refractivity contribution is 5.95. The van der Waals surface area contributed by atoms with E-state index in [1.165, 1.54) is 0 Å². The van der Waals surface area contributed by atoms with E-state index >= 15 is 0 Å². The first-order valence-corrected chi connectivity index (χ1v) is 6.33. The summed E-state index contributed by atoms with van der Waals surface area (Å²) >= 11 is 0. The average Bonchev–Trinajstić information content (AvgIpc) is 2.42. The fourth-order valence-corrected chi connectivity index (χ4v) is 2.17. The van der Waals surface area contributed by atoms with Crippen LogP contribution in [0.5, 0.6) is 0 Å². The molecule has 21 heavy (non-hydrogen) atoms. The molecule has 1 aromatic rings. The summed E-state index contributed by atoms with van der Waals surface area (Å²) in [6.45, 7) is -0.368. The van der Waals surface area contributed by atoms with Gasteiger partial charge < -0.3 is 10.6 Å².